The topological polar surface area (TPSA) is 191 Å². The van der Waals surface area contributed by atoms with Crippen LogP contribution >= 0.6 is 0 Å². The van der Waals surface area contributed by atoms with Crippen LogP contribution in [0.4, 0.5) is 49.4 Å². The van der Waals surface area contributed by atoms with Crippen molar-refractivity contribution in [2.24, 2.45) is 0 Å². The zero-order valence-corrected chi connectivity index (χ0v) is 47.6. The predicted octanol–water partition coefficient (Wildman–Crippen LogP) is 7.27. The van der Waals surface area contributed by atoms with Crippen LogP contribution in [0.15, 0.2) is 68.0 Å². The Morgan fingerprint density at radius 1 is 0.639 bits per heavy atom. The third-order valence-corrected chi connectivity index (χ3v) is 15.4. The molecule has 0 aliphatic carbocycles. The molecule has 10 rings (SSSR count). The van der Waals surface area contributed by atoms with Crippen LogP contribution in [0.3, 0.4) is 0 Å². The molecule has 3 aromatic heterocycles. The van der Waals surface area contributed by atoms with Crippen LogP contribution in [-0.2, 0) is 48.1 Å². The van der Waals surface area contributed by atoms with Gasteiger partial charge < -0.3 is 48.7 Å². The summed E-state index contributed by atoms with van der Waals surface area (Å²) in [6.45, 7) is 16.2. The van der Waals surface area contributed by atoms with Crippen molar-refractivity contribution in [2.45, 2.75) is 95.3 Å². The van der Waals surface area contributed by atoms with Gasteiger partial charge in [0, 0.05) is 81.6 Å². The van der Waals surface area contributed by atoms with E-state index in [9.17, 15) is 46.5 Å². The Balaban J connectivity index is 0.000000198. The zero-order valence-electron chi connectivity index (χ0n) is 47.6. The fraction of sp³-hybridized carbons (Fsp3) is 0.534. The summed E-state index contributed by atoms with van der Waals surface area (Å²) < 4.78 is 90.8. The standard InChI is InChI=1S/C25H27F3N6O2.C23H24F3N7O2.2C5H11N/c1-3-22(35)34-13-12-33(15-18(34)8-10-29)23-19-9-11-32(16-20(19)30-24(31-23)36-2)21-7-5-4-6-17(21)14-25(26,27)28;1-3-20(34)33-11-10-32(13-15(33)4-7-27)21-16-6-9-31(14-18(16)29-22(30-21)35-2)19-5-8-28-12-17(19)23(24,25)26;2*1-6-4-2-3-5-6/h3-7,18H,1,8-9,11-16H2,2H3;3,5,8,12,15H,1,4,6,9-11,13-14H2,2H3;2*2-5H2,1H3. The molecule has 0 spiro atoms. The third-order valence-electron chi connectivity index (χ3n) is 15.4. The first-order valence-corrected chi connectivity index (χ1v) is 27.8. The summed E-state index contributed by atoms with van der Waals surface area (Å²) >= 11 is 0. The molecule has 4 aromatic rings. The van der Waals surface area contributed by atoms with Gasteiger partial charge in [0.15, 0.2) is 0 Å². The molecule has 6 aliphatic heterocycles. The maximum atomic E-state index is 13.6. The van der Waals surface area contributed by atoms with E-state index in [0.29, 0.717) is 100 Å². The van der Waals surface area contributed by atoms with Crippen molar-refractivity contribution in [3.63, 3.8) is 0 Å². The van der Waals surface area contributed by atoms with Crippen LogP contribution in [0, 0.1) is 22.7 Å². The molecule has 83 heavy (non-hydrogen) atoms. The summed E-state index contributed by atoms with van der Waals surface area (Å²) in [5.74, 6) is 0.839. The lowest BCUT2D eigenvalue weighted by molar-refractivity contribution is -0.137. The molecule has 4 saturated heterocycles. The number of carbonyl (C=O) groups excluding carboxylic acids is 2. The minimum absolute atomic E-state index is 0.0444. The van der Waals surface area contributed by atoms with E-state index in [1.165, 1.54) is 96.6 Å². The minimum atomic E-state index is -4.53. The third kappa shape index (κ3) is 16.5. The van der Waals surface area contributed by atoms with E-state index in [1.807, 2.05) is 14.7 Å². The number of para-hydroxylation sites is 1. The Morgan fingerprint density at radius 3 is 1.49 bits per heavy atom. The minimum Gasteiger partial charge on any atom is -0.467 e. The smallest absolute Gasteiger partial charge is 0.419 e. The van der Waals surface area contributed by atoms with Crippen molar-refractivity contribution in [3.8, 4) is 24.2 Å². The molecule has 2 amide bonds. The summed E-state index contributed by atoms with van der Waals surface area (Å²) in [6, 6.07) is 11.8. The van der Waals surface area contributed by atoms with Crippen molar-refractivity contribution in [3.05, 3.63) is 102 Å². The number of hydrogen-bond donors (Lipinski definition) is 0. The molecule has 0 saturated carbocycles. The number of carbonyl (C=O) groups is 2. The molecule has 0 radical (unpaired) electrons. The maximum Gasteiger partial charge on any atom is 0.419 e. The molecule has 2 unspecified atom stereocenters. The van der Waals surface area contributed by atoms with Crippen molar-refractivity contribution >= 4 is 34.8 Å². The SMILES string of the molecule is C=CC(=O)N1CCN(c2nc(OC)nc3c2CCN(c2ccccc2CC(F)(F)F)C3)CC1CC#N.C=CC(=O)N1CCN(c2nc(OC)nc3c2CCN(c2ccncc2C(F)(F)F)C3)CC1CC#N.CN1CCCC1.CN1CCCC1. The van der Waals surface area contributed by atoms with Crippen molar-refractivity contribution in [1.29, 1.82) is 10.5 Å². The molecule has 2 atom stereocenters. The number of nitrogens with zero attached hydrogens (tertiary/aromatic N) is 15. The van der Waals surface area contributed by atoms with Crippen LogP contribution in [0.1, 0.15) is 72.2 Å². The Hall–Kier alpha value is -7.77. The van der Waals surface area contributed by atoms with E-state index in [-0.39, 0.29) is 66.6 Å². The Morgan fingerprint density at radius 2 is 1.10 bits per heavy atom. The van der Waals surface area contributed by atoms with Gasteiger partial charge in [0.25, 0.3) is 0 Å². The number of nitriles is 2. The summed E-state index contributed by atoms with van der Waals surface area (Å²) in [4.78, 5) is 61.8. The van der Waals surface area contributed by atoms with E-state index in [4.69, 9.17) is 9.47 Å². The fourth-order valence-electron chi connectivity index (χ4n) is 11.2. The zero-order chi connectivity index (χ0) is 59.8. The summed E-state index contributed by atoms with van der Waals surface area (Å²) in [5.41, 5.74) is 2.98. The van der Waals surface area contributed by atoms with E-state index < -0.39 is 24.3 Å². The second kappa shape index (κ2) is 29.0. The summed E-state index contributed by atoms with van der Waals surface area (Å²) in [7, 11) is 7.24. The highest BCUT2D eigenvalue weighted by molar-refractivity contribution is 5.88. The molecule has 0 N–H and O–H groups in total. The second-order valence-corrected chi connectivity index (χ2v) is 21.0. The van der Waals surface area contributed by atoms with Crippen LogP contribution in [-0.4, -0.2) is 181 Å². The van der Waals surface area contributed by atoms with Gasteiger partial charge in [-0.1, -0.05) is 31.4 Å². The van der Waals surface area contributed by atoms with Crippen LogP contribution in [0.25, 0.3) is 0 Å². The molecule has 25 heteroatoms. The maximum absolute atomic E-state index is 13.6. The van der Waals surface area contributed by atoms with Gasteiger partial charge in [0.2, 0.25) is 11.8 Å². The molecule has 4 fully saturated rings. The lowest BCUT2D eigenvalue weighted by atomic mass is 10.0. The fourth-order valence-corrected chi connectivity index (χ4v) is 11.2. The predicted molar refractivity (Wildman–Crippen MR) is 302 cm³/mol. The number of piperazine rings is 2. The number of fused-ring (bicyclic) bond motifs is 2. The lowest BCUT2D eigenvalue weighted by Crippen LogP contribution is -2.55. The van der Waals surface area contributed by atoms with E-state index in [1.54, 1.807) is 32.9 Å². The van der Waals surface area contributed by atoms with E-state index in [0.717, 1.165) is 17.3 Å². The Labute approximate surface area is 481 Å². The van der Waals surface area contributed by atoms with Gasteiger partial charge in [0.05, 0.1) is 93.4 Å². The first-order valence-electron chi connectivity index (χ1n) is 27.8. The number of aromatic nitrogens is 5. The number of amides is 2. The summed E-state index contributed by atoms with van der Waals surface area (Å²) in [5, 5.41) is 18.6. The normalized spacial score (nSPS) is 19.0. The highest BCUT2D eigenvalue weighted by Crippen LogP contribution is 2.40. The highest BCUT2D eigenvalue weighted by Gasteiger charge is 2.39. The van der Waals surface area contributed by atoms with Crippen molar-refractivity contribution < 1.29 is 45.4 Å². The van der Waals surface area contributed by atoms with Gasteiger partial charge in [0.1, 0.15) is 11.6 Å². The first-order chi connectivity index (χ1) is 39.8. The number of ether oxygens (including phenoxy) is 2. The van der Waals surface area contributed by atoms with Gasteiger partial charge in [-0.3, -0.25) is 14.6 Å². The number of hydrogen-bond acceptors (Lipinski definition) is 17. The van der Waals surface area contributed by atoms with Gasteiger partial charge >= 0.3 is 24.4 Å². The highest BCUT2D eigenvalue weighted by atomic mass is 19.4. The largest absolute Gasteiger partial charge is 0.467 e. The van der Waals surface area contributed by atoms with Crippen molar-refractivity contribution in [2.75, 3.05) is 126 Å². The average Bonchev–Trinajstić information content (AvgIpc) is 4.32. The number of anilines is 4. The molecule has 6 aliphatic rings. The molecule has 446 valence electrons. The number of alkyl halides is 6. The monoisotopic (exact) mass is 1160 g/mol. The van der Waals surface area contributed by atoms with E-state index >= 15 is 0 Å². The number of halogens is 6. The number of likely N-dealkylation sites (tertiary alicyclic amines) is 2. The molecule has 1 aromatic carbocycles. The van der Waals surface area contributed by atoms with Gasteiger partial charge in [-0.25, -0.2) is 0 Å². The van der Waals surface area contributed by atoms with Crippen LogP contribution in [0.2, 0.25) is 0 Å². The number of pyridine rings is 1. The number of rotatable bonds is 11. The van der Waals surface area contributed by atoms with Crippen LogP contribution in [0.5, 0.6) is 12.0 Å². The van der Waals surface area contributed by atoms with Gasteiger partial charge in [-0.15, -0.1) is 0 Å². The van der Waals surface area contributed by atoms with Crippen LogP contribution < -0.4 is 29.1 Å². The second-order valence-electron chi connectivity index (χ2n) is 21.0. The molecular formula is C58H73F6N15O4. The summed E-state index contributed by atoms with van der Waals surface area (Å²) in [6.07, 6.45) is 1.74. The Kier molecular flexibility index (Phi) is 21.9. The average molecular weight is 1160 g/mol. The molecule has 0 bridgehead atoms. The van der Waals surface area contributed by atoms with Gasteiger partial charge in [-0.05, 0) is 109 Å². The Bertz CT molecular complexity index is 2940. The van der Waals surface area contributed by atoms with Crippen molar-refractivity contribution in [1.82, 2.24) is 44.5 Å². The first kappa shape index (κ1) is 62.8. The molecular weight excluding hydrogens is 1080 g/mol. The molecule has 19 nitrogen and oxygen atoms in total. The molecule has 9 heterocycles. The number of benzene rings is 1. The lowest BCUT2D eigenvalue weighted by Gasteiger charge is -2.42. The van der Waals surface area contributed by atoms with Gasteiger partial charge in [-0.2, -0.15) is 56.8 Å². The quantitative estimate of drug-likeness (QED) is 0.108. The number of methoxy groups -OCH3 is 2. The van der Waals surface area contributed by atoms with E-state index in [2.05, 4.69) is 74.1 Å².